The van der Waals surface area contributed by atoms with Gasteiger partial charge < -0.3 is 20.3 Å². The van der Waals surface area contributed by atoms with Crippen molar-refractivity contribution < 1.29 is 46.9 Å². The van der Waals surface area contributed by atoms with Crippen LogP contribution in [0.4, 0.5) is 17.6 Å². The van der Waals surface area contributed by atoms with Crippen LogP contribution in [0, 0.1) is 24.0 Å². The second-order valence-corrected chi connectivity index (χ2v) is 12.9. The number of aromatic nitrogens is 1. The van der Waals surface area contributed by atoms with E-state index >= 15 is 8.78 Å². The van der Waals surface area contributed by atoms with Crippen molar-refractivity contribution in [3.05, 3.63) is 62.7 Å². The minimum Gasteiger partial charge on any atom is -0.481 e. The number of benzene rings is 1. The SMILES string of the molecule is COC(=O)C1=C(CN2CC(F)(F)[C@H]3[C@@H]2CON3C[C@@](C)(O)C(C)(C)C(=O)O)NC(c2nccs2)=N[C@H]1c1ccc(F)c(F)c1C. The van der Waals surface area contributed by atoms with Crippen LogP contribution in [0.15, 0.2) is 40.0 Å². The molecule has 0 amide bonds. The number of ether oxygens (including phenoxy) is 1. The van der Waals surface area contributed by atoms with Crippen molar-refractivity contribution in [2.75, 3.05) is 33.4 Å². The van der Waals surface area contributed by atoms with E-state index in [1.54, 1.807) is 5.38 Å². The molecule has 0 unspecified atom stereocenters. The monoisotopic (exact) mass is 655 g/mol. The molecule has 0 spiro atoms. The topological polar surface area (TPSA) is 137 Å². The number of aliphatic carboxylic acids is 1. The lowest BCUT2D eigenvalue weighted by Gasteiger charge is -2.40. The highest BCUT2D eigenvalue weighted by molar-refractivity contribution is 7.11. The lowest BCUT2D eigenvalue weighted by atomic mass is 9.75. The van der Waals surface area contributed by atoms with Crippen LogP contribution in [0.2, 0.25) is 0 Å². The van der Waals surface area contributed by atoms with Crippen molar-refractivity contribution >= 4 is 29.1 Å². The molecule has 2 aromatic rings. The van der Waals surface area contributed by atoms with Gasteiger partial charge in [-0.15, -0.1) is 11.3 Å². The first kappa shape index (κ1) is 32.9. The molecule has 4 atom stereocenters. The Morgan fingerprint density at radius 1 is 1.27 bits per heavy atom. The van der Waals surface area contributed by atoms with E-state index in [9.17, 15) is 28.6 Å². The minimum absolute atomic E-state index is 0.0828. The molecule has 0 radical (unpaired) electrons. The quantitative estimate of drug-likeness (QED) is 0.273. The van der Waals surface area contributed by atoms with Gasteiger partial charge in [0.05, 0.1) is 49.4 Å². The molecule has 3 aliphatic rings. The van der Waals surface area contributed by atoms with Crippen molar-refractivity contribution in [1.29, 1.82) is 0 Å². The number of methoxy groups -OCH3 is 1. The van der Waals surface area contributed by atoms with Gasteiger partial charge in [-0.3, -0.25) is 19.5 Å². The zero-order valence-electron chi connectivity index (χ0n) is 25.1. The molecule has 244 valence electrons. The Hall–Kier alpha value is -3.44. The average Bonchev–Trinajstić information content (AvgIpc) is 3.70. The van der Waals surface area contributed by atoms with Crippen molar-refractivity contribution in [2.24, 2.45) is 10.4 Å². The van der Waals surface area contributed by atoms with Crippen LogP contribution < -0.4 is 5.32 Å². The molecular weight excluding hydrogens is 622 g/mol. The fourth-order valence-electron chi connectivity index (χ4n) is 5.77. The van der Waals surface area contributed by atoms with Gasteiger partial charge >= 0.3 is 11.9 Å². The van der Waals surface area contributed by atoms with Gasteiger partial charge in [0.2, 0.25) is 0 Å². The lowest BCUT2D eigenvalue weighted by molar-refractivity contribution is -0.221. The Kier molecular flexibility index (Phi) is 8.59. The third-order valence-corrected chi connectivity index (χ3v) is 9.73. The second kappa shape index (κ2) is 11.7. The number of nitrogens with zero attached hydrogens (tertiary/aromatic N) is 4. The number of amidine groups is 1. The number of carboxylic acids is 1. The molecule has 2 saturated heterocycles. The molecule has 3 aliphatic heterocycles. The number of hydrogen-bond acceptors (Lipinski definition) is 11. The average molecular weight is 656 g/mol. The molecule has 45 heavy (non-hydrogen) atoms. The summed E-state index contributed by atoms with van der Waals surface area (Å²) in [6, 6.07) is -1.44. The van der Waals surface area contributed by atoms with Gasteiger partial charge in [0, 0.05) is 23.8 Å². The third kappa shape index (κ3) is 5.73. The molecular formula is C29H33F4N5O6S. The second-order valence-electron chi connectivity index (χ2n) is 12.1. The summed E-state index contributed by atoms with van der Waals surface area (Å²) >= 11 is 1.22. The molecule has 11 nitrogen and oxygen atoms in total. The number of carboxylic acid groups (broad SMARTS) is 1. The Balaban J connectivity index is 1.52. The zero-order valence-corrected chi connectivity index (χ0v) is 25.9. The first-order valence-electron chi connectivity index (χ1n) is 14.0. The lowest BCUT2D eigenvalue weighted by Crippen LogP contribution is -2.57. The van der Waals surface area contributed by atoms with E-state index < -0.39 is 71.7 Å². The number of likely N-dealkylation sites (tertiary alicyclic amines) is 1. The summed E-state index contributed by atoms with van der Waals surface area (Å²) in [4.78, 5) is 41.0. The van der Waals surface area contributed by atoms with Gasteiger partial charge in [-0.25, -0.2) is 27.3 Å². The van der Waals surface area contributed by atoms with Crippen molar-refractivity contribution in [1.82, 2.24) is 20.3 Å². The Bertz CT molecular complexity index is 1560. The van der Waals surface area contributed by atoms with Crippen molar-refractivity contribution in [2.45, 2.75) is 57.3 Å². The number of β-amino-alcohol motifs (C(OH)–C–C–N with tert-alkyl or cyclic N) is 1. The van der Waals surface area contributed by atoms with Crippen LogP contribution in [-0.2, 0) is 19.2 Å². The summed E-state index contributed by atoms with van der Waals surface area (Å²) in [6.07, 6.45) is 1.53. The van der Waals surface area contributed by atoms with Gasteiger partial charge in [-0.2, -0.15) is 5.06 Å². The highest BCUT2D eigenvalue weighted by Gasteiger charge is 2.62. The van der Waals surface area contributed by atoms with Gasteiger partial charge in [0.1, 0.15) is 12.1 Å². The van der Waals surface area contributed by atoms with E-state index in [-0.39, 0.29) is 41.4 Å². The fraction of sp³-hybridized carbons (Fsp3) is 0.517. The van der Waals surface area contributed by atoms with Crippen LogP contribution >= 0.6 is 11.3 Å². The summed E-state index contributed by atoms with van der Waals surface area (Å²) in [5, 5.41) is 26.7. The number of rotatable bonds is 9. The third-order valence-electron chi connectivity index (χ3n) is 8.95. The molecule has 16 heteroatoms. The molecule has 2 fully saturated rings. The smallest absolute Gasteiger partial charge is 0.338 e. The number of carbonyl (C=O) groups is 2. The number of hydroxylamine groups is 2. The maximum atomic E-state index is 15.7. The first-order chi connectivity index (χ1) is 21.0. The number of carbonyl (C=O) groups excluding carboxylic acids is 1. The predicted molar refractivity (Wildman–Crippen MR) is 153 cm³/mol. The van der Waals surface area contributed by atoms with Crippen LogP contribution in [0.25, 0.3) is 0 Å². The summed E-state index contributed by atoms with van der Waals surface area (Å²) < 4.78 is 65.2. The number of esters is 1. The highest BCUT2D eigenvalue weighted by Crippen LogP contribution is 2.44. The molecule has 0 aliphatic carbocycles. The minimum atomic E-state index is -3.37. The summed E-state index contributed by atoms with van der Waals surface area (Å²) in [6.45, 7) is 3.47. The zero-order chi connectivity index (χ0) is 33.1. The largest absolute Gasteiger partial charge is 0.481 e. The Morgan fingerprint density at radius 2 is 1.98 bits per heavy atom. The maximum Gasteiger partial charge on any atom is 0.338 e. The molecule has 0 saturated carbocycles. The van der Waals surface area contributed by atoms with E-state index in [0.717, 1.165) is 18.2 Å². The Morgan fingerprint density at radius 3 is 2.60 bits per heavy atom. The maximum absolute atomic E-state index is 15.7. The number of aliphatic hydroxyl groups is 1. The number of nitrogens with one attached hydrogen (secondary N) is 1. The summed E-state index contributed by atoms with van der Waals surface area (Å²) in [7, 11) is 1.13. The van der Waals surface area contributed by atoms with E-state index in [0.29, 0.717) is 5.01 Å². The van der Waals surface area contributed by atoms with E-state index in [2.05, 4.69) is 15.3 Å². The molecule has 4 heterocycles. The van der Waals surface area contributed by atoms with Crippen molar-refractivity contribution in [3.8, 4) is 0 Å². The van der Waals surface area contributed by atoms with Gasteiger partial charge in [0.15, 0.2) is 22.5 Å². The molecule has 3 N–H and O–H groups in total. The fourth-order valence-corrected chi connectivity index (χ4v) is 6.36. The van der Waals surface area contributed by atoms with Gasteiger partial charge in [0.25, 0.3) is 5.92 Å². The molecule has 1 aromatic heterocycles. The van der Waals surface area contributed by atoms with Crippen LogP contribution in [0.1, 0.15) is 42.9 Å². The van der Waals surface area contributed by atoms with E-state index in [4.69, 9.17) is 9.57 Å². The van der Waals surface area contributed by atoms with E-state index in [1.165, 1.54) is 56.2 Å². The van der Waals surface area contributed by atoms with Crippen molar-refractivity contribution in [3.63, 3.8) is 0 Å². The number of aliphatic imine (C=N–C) groups is 1. The first-order valence-corrected chi connectivity index (χ1v) is 14.9. The van der Waals surface area contributed by atoms with Crippen LogP contribution in [0.5, 0.6) is 0 Å². The normalized spacial score (nSPS) is 25.0. The number of alkyl halides is 2. The number of thiazole rings is 1. The Labute approximate surface area is 260 Å². The van der Waals surface area contributed by atoms with Gasteiger partial charge in [-0.05, 0) is 44.9 Å². The predicted octanol–water partition coefficient (Wildman–Crippen LogP) is 3.05. The summed E-state index contributed by atoms with van der Waals surface area (Å²) in [5.41, 5.74) is -3.49. The molecule has 1 aromatic carbocycles. The van der Waals surface area contributed by atoms with Crippen LogP contribution in [0.3, 0.4) is 0 Å². The number of hydrogen-bond donors (Lipinski definition) is 3. The van der Waals surface area contributed by atoms with Gasteiger partial charge in [-0.1, -0.05) is 6.07 Å². The number of fused-ring (bicyclic) bond motifs is 1. The summed E-state index contributed by atoms with van der Waals surface area (Å²) in [5.74, 6) is -7.53. The van der Waals surface area contributed by atoms with E-state index in [1.807, 2.05) is 0 Å². The standard InChI is InChI=1S/C29H33F4N5O6S/c1-14-15(6-7-16(30)20(14)31)21-19(25(39)43-5)17(35-23(36-21)24-34-8-9-45-24)10-37-13-29(32,33)22-18(37)11-44-38(22)12-28(4,42)27(2,3)26(40)41/h6-9,18,21-22,42H,10-13H2,1-5H3,(H,35,36)(H,40,41)/t18-,21-,22+,28+/m0/s1. The highest BCUT2D eigenvalue weighted by atomic mass is 32.1. The number of halogens is 4. The molecule has 0 bridgehead atoms. The van der Waals surface area contributed by atoms with Crippen LogP contribution in [-0.4, -0.2) is 99.9 Å². The molecule has 5 rings (SSSR count).